The third kappa shape index (κ3) is 7.31. The predicted octanol–water partition coefficient (Wildman–Crippen LogP) is 4.80. The molecule has 2 rings (SSSR count). The zero-order valence-electron chi connectivity index (χ0n) is 17.3. The summed E-state index contributed by atoms with van der Waals surface area (Å²) >= 11 is 5.92. The van der Waals surface area contributed by atoms with Crippen molar-refractivity contribution in [3.8, 4) is 5.75 Å². The van der Waals surface area contributed by atoms with Crippen molar-refractivity contribution in [3.05, 3.63) is 59.1 Å². The lowest BCUT2D eigenvalue weighted by molar-refractivity contribution is 0.0911. The highest BCUT2D eigenvalue weighted by Crippen LogP contribution is 2.17. The highest BCUT2D eigenvalue weighted by molar-refractivity contribution is 6.30. The smallest absolute Gasteiger partial charge is 0.321 e. The Bertz CT molecular complexity index is 837. The van der Waals surface area contributed by atoms with Crippen LogP contribution in [-0.2, 0) is 0 Å². The number of likely N-dealkylation sites (N-methyl/N-ethyl adjacent to an activating group) is 1. The van der Waals surface area contributed by atoms with Gasteiger partial charge in [-0.15, -0.1) is 0 Å². The highest BCUT2D eigenvalue weighted by atomic mass is 35.5. The zero-order valence-corrected chi connectivity index (χ0v) is 18.0. The first kappa shape index (κ1) is 22.6. The molecule has 6 nitrogen and oxygen atoms in total. The van der Waals surface area contributed by atoms with Crippen LogP contribution in [0.5, 0.6) is 5.75 Å². The van der Waals surface area contributed by atoms with E-state index in [-0.39, 0.29) is 17.5 Å². The second kappa shape index (κ2) is 10.2. The fraction of sp³-hybridized carbons (Fsp3) is 0.364. The number of amides is 3. The molecular weight excluding hydrogens is 390 g/mol. The first-order valence-electron chi connectivity index (χ1n) is 9.53. The van der Waals surface area contributed by atoms with E-state index in [2.05, 4.69) is 10.6 Å². The van der Waals surface area contributed by atoms with E-state index in [9.17, 15) is 9.59 Å². The molecule has 2 N–H and O–H groups in total. The fourth-order valence-electron chi connectivity index (χ4n) is 2.35. The second-order valence-corrected chi connectivity index (χ2v) is 7.86. The highest BCUT2D eigenvalue weighted by Gasteiger charge is 2.18. The molecule has 0 unspecified atom stereocenters. The van der Waals surface area contributed by atoms with E-state index in [0.29, 0.717) is 35.2 Å². The molecule has 7 heteroatoms. The van der Waals surface area contributed by atoms with Crippen molar-refractivity contribution in [2.24, 2.45) is 0 Å². The topological polar surface area (TPSA) is 70.7 Å². The minimum Gasteiger partial charge on any atom is -0.492 e. The van der Waals surface area contributed by atoms with Crippen LogP contribution in [0.2, 0.25) is 5.02 Å². The molecule has 0 saturated heterocycles. The van der Waals surface area contributed by atoms with Crippen molar-refractivity contribution in [2.45, 2.75) is 32.7 Å². The molecule has 0 aromatic heterocycles. The van der Waals surface area contributed by atoms with Gasteiger partial charge in [-0.25, -0.2) is 4.79 Å². The van der Waals surface area contributed by atoms with Gasteiger partial charge in [0.1, 0.15) is 12.4 Å². The third-order valence-corrected chi connectivity index (χ3v) is 4.81. The van der Waals surface area contributed by atoms with Crippen LogP contribution in [0.15, 0.2) is 48.5 Å². The molecule has 0 atom stereocenters. The van der Waals surface area contributed by atoms with Crippen molar-refractivity contribution in [1.29, 1.82) is 0 Å². The molecule has 0 heterocycles. The molecule has 0 bridgehead atoms. The number of hydrogen-bond donors (Lipinski definition) is 2. The van der Waals surface area contributed by atoms with Crippen LogP contribution < -0.4 is 15.4 Å². The van der Waals surface area contributed by atoms with Crippen molar-refractivity contribution in [3.63, 3.8) is 0 Å². The Kier molecular flexibility index (Phi) is 7.91. The standard InChI is InChI=1S/C22H28ClN3O3/c1-5-22(2,3)25-20(27)16-9-11-18(12-10-16)24-21(28)26(4)13-14-29-19-8-6-7-17(23)15-19/h6-12,15H,5,13-14H2,1-4H3,(H,24,28)(H,25,27). The number of carbonyl (C=O) groups excluding carboxylic acids is 2. The Morgan fingerprint density at radius 3 is 2.45 bits per heavy atom. The van der Waals surface area contributed by atoms with Crippen molar-refractivity contribution < 1.29 is 14.3 Å². The van der Waals surface area contributed by atoms with Gasteiger partial charge in [-0.1, -0.05) is 24.6 Å². The van der Waals surface area contributed by atoms with E-state index in [4.69, 9.17) is 16.3 Å². The normalized spacial score (nSPS) is 10.9. The number of urea groups is 1. The molecular formula is C22H28ClN3O3. The molecule has 2 aromatic rings. The monoisotopic (exact) mass is 417 g/mol. The number of anilines is 1. The van der Waals surface area contributed by atoms with Gasteiger partial charge < -0.3 is 20.3 Å². The van der Waals surface area contributed by atoms with Gasteiger partial charge in [0.15, 0.2) is 0 Å². The molecule has 0 aliphatic heterocycles. The van der Waals surface area contributed by atoms with E-state index >= 15 is 0 Å². The molecule has 156 valence electrons. The van der Waals surface area contributed by atoms with E-state index in [1.807, 2.05) is 26.8 Å². The maximum absolute atomic E-state index is 12.3. The number of nitrogens with one attached hydrogen (secondary N) is 2. The first-order chi connectivity index (χ1) is 13.7. The summed E-state index contributed by atoms with van der Waals surface area (Å²) in [6.07, 6.45) is 0.834. The van der Waals surface area contributed by atoms with E-state index in [1.165, 1.54) is 4.90 Å². The van der Waals surface area contributed by atoms with Gasteiger partial charge in [0.25, 0.3) is 5.91 Å². The van der Waals surface area contributed by atoms with Gasteiger partial charge in [0.2, 0.25) is 0 Å². The summed E-state index contributed by atoms with van der Waals surface area (Å²) in [4.78, 5) is 26.1. The summed E-state index contributed by atoms with van der Waals surface area (Å²) in [5.41, 5.74) is 0.900. The van der Waals surface area contributed by atoms with Crippen molar-refractivity contribution in [2.75, 3.05) is 25.5 Å². The van der Waals surface area contributed by atoms with E-state index in [0.717, 1.165) is 6.42 Å². The summed E-state index contributed by atoms with van der Waals surface area (Å²) in [6.45, 7) is 6.73. The molecule has 0 aliphatic carbocycles. The number of ether oxygens (including phenoxy) is 1. The number of benzene rings is 2. The minimum atomic E-state index is -0.264. The van der Waals surface area contributed by atoms with Gasteiger partial charge in [-0.3, -0.25) is 4.79 Å². The Labute approximate surface area is 177 Å². The summed E-state index contributed by atoms with van der Waals surface area (Å²) in [5.74, 6) is 0.524. The molecule has 2 aromatic carbocycles. The lowest BCUT2D eigenvalue weighted by Crippen LogP contribution is -2.42. The minimum absolute atomic E-state index is 0.134. The van der Waals surface area contributed by atoms with Crippen molar-refractivity contribution in [1.82, 2.24) is 10.2 Å². The first-order valence-corrected chi connectivity index (χ1v) is 9.91. The maximum Gasteiger partial charge on any atom is 0.321 e. The van der Waals surface area contributed by atoms with Crippen LogP contribution in [0.1, 0.15) is 37.6 Å². The molecule has 0 radical (unpaired) electrons. The van der Waals surface area contributed by atoms with Gasteiger partial charge in [-0.2, -0.15) is 0 Å². The zero-order chi connectivity index (χ0) is 21.4. The average Bonchev–Trinajstić information content (AvgIpc) is 2.68. The molecule has 0 fully saturated rings. The molecule has 29 heavy (non-hydrogen) atoms. The quantitative estimate of drug-likeness (QED) is 0.648. The van der Waals surface area contributed by atoms with E-state index < -0.39 is 0 Å². The summed E-state index contributed by atoms with van der Waals surface area (Å²) in [5, 5.41) is 6.39. The maximum atomic E-state index is 12.3. The summed E-state index contributed by atoms with van der Waals surface area (Å²) < 4.78 is 5.60. The van der Waals surface area contributed by atoms with Gasteiger partial charge in [0, 0.05) is 28.9 Å². The van der Waals surface area contributed by atoms with E-state index in [1.54, 1.807) is 49.5 Å². The second-order valence-electron chi connectivity index (χ2n) is 7.43. The number of halogens is 1. The molecule has 0 saturated carbocycles. The fourth-order valence-corrected chi connectivity index (χ4v) is 2.53. The number of rotatable bonds is 8. The van der Waals surface area contributed by atoms with Crippen molar-refractivity contribution >= 4 is 29.2 Å². The van der Waals surface area contributed by atoms with Crippen LogP contribution in [-0.4, -0.2) is 42.6 Å². The predicted molar refractivity (Wildman–Crippen MR) is 117 cm³/mol. The lowest BCUT2D eigenvalue weighted by Gasteiger charge is -2.24. The Balaban J connectivity index is 1.82. The van der Waals surface area contributed by atoms with Crippen LogP contribution in [0.3, 0.4) is 0 Å². The third-order valence-electron chi connectivity index (χ3n) is 4.57. The number of carbonyl (C=O) groups is 2. The molecule has 0 spiro atoms. The SMILES string of the molecule is CCC(C)(C)NC(=O)c1ccc(NC(=O)N(C)CCOc2cccc(Cl)c2)cc1. The largest absolute Gasteiger partial charge is 0.492 e. The summed E-state index contributed by atoms with van der Waals surface area (Å²) in [6, 6.07) is 13.7. The van der Waals surface area contributed by atoms with Crippen LogP contribution in [0.25, 0.3) is 0 Å². The summed E-state index contributed by atoms with van der Waals surface area (Å²) in [7, 11) is 1.69. The molecule has 3 amide bonds. The molecule has 0 aliphatic rings. The van der Waals surface area contributed by atoms with Gasteiger partial charge in [0.05, 0.1) is 6.54 Å². The van der Waals surface area contributed by atoms with Gasteiger partial charge in [-0.05, 0) is 62.7 Å². The Hall–Kier alpha value is -2.73. The lowest BCUT2D eigenvalue weighted by atomic mass is 10.0. The average molecular weight is 418 g/mol. The van der Waals surface area contributed by atoms with Gasteiger partial charge >= 0.3 is 6.03 Å². The van der Waals surface area contributed by atoms with Crippen LogP contribution in [0.4, 0.5) is 10.5 Å². The number of hydrogen-bond acceptors (Lipinski definition) is 3. The Morgan fingerprint density at radius 2 is 1.83 bits per heavy atom. The number of nitrogens with zero attached hydrogens (tertiary/aromatic N) is 1. The van der Waals surface area contributed by atoms with Crippen LogP contribution >= 0.6 is 11.6 Å². The Morgan fingerprint density at radius 1 is 1.14 bits per heavy atom. The van der Waals surface area contributed by atoms with Crippen LogP contribution in [0, 0.1) is 0 Å².